The minimum absolute atomic E-state index is 0.0809. The third-order valence-corrected chi connectivity index (χ3v) is 12.3. The Hall–Kier alpha value is -4.06. The minimum Gasteiger partial charge on any atom is -0.399 e. The number of rotatable bonds is 8. The zero-order valence-electron chi connectivity index (χ0n) is 26.4. The third kappa shape index (κ3) is 5.60. The van der Waals surface area contributed by atoms with Gasteiger partial charge in [-0.1, -0.05) is 37.3 Å². The second kappa shape index (κ2) is 12.3. The van der Waals surface area contributed by atoms with Crippen LogP contribution in [0.2, 0.25) is 18.6 Å². The lowest BCUT2D eigenvalue weighted by Crippen LogP contribution is -2.45. The van der Waals surface area contributed by atoms with Gasteiger partial charge in [-0.05, 0) is 74.0 Å². The standard InChI is InChI=1S/C35H41FN4O5Si/c1-22-32(46(2,3)36)30(19-31(42)39-17-7-10-27(39)21-41)45-35(22)28-18-26(38-33(43)24-11-13-25(37)14-12-24)15-16-29(28)40(34(35)44)20-23-8-5-4-6-9-23/h4-6,8-9,11-16,18,22,27,30,32,41H,7,10,17,19-21,37H2,1-3H3,(H,38,43)/t22-,27+,30+,32-,35+/m1/s1. The molecule has 46 heavy (non-hydrogen) atoms. The number of carbonyl (C=O) groups is 3. The van der Waals surface area contributed by atoms with Crippen LogP contribution in [0, 0.1) is 5.92 Å². The molecule has 3 aromatic carbocycles. The fourth-order valence-electron chi connectivity index (χ4n) is 7.73. The predicted molar refractivity (Wildman–Crippen MR) is 177 cm³/mol. The summed E-state index contributed by atoms with van der Waals surface area (Å²) in [5.41, 5.74) is 7.08. The first-order valence-corrected chi connectivity index (χ1v) is 18.8. The van der Waals surface area contributed by atoms with Crippen LogP contribution in [0.3, 0.4) is 0 Å². The first-order chi connectivity index (χ1) is 21.9. The van der Waals surface area contributed by atoms with E-state index in [1.807, 2.05) is 37.3 Å². The summed E-state index contributed by atoms with van der Waals surface area (Å²) in [6.07, 6.45) is 0.589. The van der Waals surface area contributed by atoms with E-state index < -0.39 is 31.6 Å². The van der Waals surface area contributed by atoms with Crippen molar-refractivity contribution in [2.45, 2.75) is 69.1 Å². The highest BCUT2D eigenvalue weighted by Gasteiger charge is 2.67. The number of halogens is 1. The molecule has 3 aliphatic rings. The monoisotopic (exact) mass is 644 g/mol. The summed E-state index contributed by atoms with van der Waals surface area (Å²) in [6.45, 7) is 5.73. The minimum atomic E-state index is -3.51. The third-order valence-electron chi connectivity index (χ3n) is 9.86. The number of likely N-dealkylation sites (tertiary alicyclic amines) is 1. The molecule has 0 aliphatic carbocycles. The molecule has 3 amide bonds. The molecule has 1 spiro atoms. The smallest absolute Gasteiger partial charge is 0.264 e. The van der Waals surface area contributed by atoms with Crippen molar-refractivity contribution in [2.75, 3.05) is 29.1 Å². The van der Waals surface area contributed by atoms with Gasteiger partial charge in [0.25, 0.3) is 11.8 Å². The molecule has 3 heterocycles. The molecule has 2 saturated heterocycles. The Morgan fingerprint density at radius 3 is 2.50 bits per heavy atom. The average Bonchev–Trinajstić information content (AvgIpc) is 3.68. The van der Waals surface area contributed by atoms with Crippen LogP contribution in [0.25, 0.3) is 0 Å². The van der Waals surface area contributed by atoms with Crippen LogP contribution in [0.15, 0.2) is 72.8 Å². The van der Waals surface area contributed by atoms with Crippen LogP contribution in [-0.2, 0) is 26.5 Å². The maximum Gasteiger partial charge on any atom is 0.264 e. The number of ether oxygens (including phenoxy) is 1. The number of aliphatic hydroxyl groups is 1. The Balaban J connectivity index is 1.40. The molecule has 0 unspecified atom stereocenters. The first kappa shape index (κ1) is 31.9. The summed E-state index contributed by atoms with van der Waals surface area (Å²) in [5, 5.41) is 12.8. The fraction of sp³-hybridized carbons (Fsp3) is 0.400. The molecule has 0 bridgehead atoms. The Bertz CT molecular complexity index is 1630. The van der Waals surface area contributed by atoms with Crippen LogP contribution in [-0.4, -0.2) is 61.4 Å². The normalized spacial score (nSPS) is 25.7. The number of anilines is 3. The molecule has 2 fully saturated rings. The van der Waals surface area contributed by atoms with E-state index in [-0.39, 0.29) is 43.3 Å². The molecule has 0 radical (unpaired) electrons. The quantitative estimate of drug-likeness (QED) is 0.176. The first-order valence-electron chi connectivity index (χ1n) is 15.9. The number of nitrogens with one attached hydrogen (secondary N) is 1. The molecule has 11 heteroatoms. The van der Waals surface area contributed by atoms with E-state index in [1.54, 1.807) is 65.4 Å². The number of nitrogens with zero attached hydrogens (tertiary/aromatic N) is 2. The molecular weight excluding hydrogens is 603 g/mol. The van der Waals surface area contributed by atoms with E-state index in [4.69, 9.17) is 10.5 Å². The van der Waals surface area contributed by atoms with Crippen LogP contribution in [0.4, 0.5) is 21.2 Å². The van der Waals surface area contributed by atoms with Gasteiger partial charge >= 0.3 is 0 Å². The van der Waals surface area contributed by atoms with Crippen molar-refractivity contribution in [3.8, 4) is 0 Å². The van der Waals surface area contributed by atoms with Crippen molar-refractivity contribution >= 4 is 43.2 Å². The molecule has 6 rings (SSSR count). The van der Waals surface area contributed by atoms with Gasteiger partial charge in [-0.15, -0.1) is 0 Å². The number of carbonyl (C=O) groups excluding carboxylic acids is 3. The molecule has 3 aromatic rings. The van der Waals surface area contributed by atoms with Crippen LogP contribution < -0.4 is 16.0 Å². The number of benzene rings is 3. The SMILES string of the molecule is C[C@@H]1[C@@H]([Si](C)(C)F)[C@H](CC(=O)N2CCC[C@H]2CO)O[C@@]12C(=O)N(Cc1ccccc1)c1ccc(NC(=O)c3ccc(N)cc3)cc12. The van der Waals surface area contributed by atoms with Gasteiger partial charge in [0.2, 0.25) is 14.3 Å². The summed E-state index contributed by atoms with van der Waals surface area (Å²) >= 11 is 0. The van der Waals surface area contributed by atoms with Gasteiger partial charge in [0.15, 0.2) is 5.60 Å². The van der Waals surface area contributed by atoms with Gasteiger partial charge in [-0.3, -0.25) is 14.4 Å². The molecule has 4 N–H and O–H groups in total. The number of nitrogen functional groups attached to an aromatic ring is 1. The number of nitrogens with two attached hydrogens (primary N) is 1. The van der Waals surface area contributed by atoms with E-state index >= 15 is 4.11 Å². The maximum absolute atomic E-state index is 16.3. The molecule has 3 aliphatic heterocycles. The van der Waals surface area contributed by atoms with Crippen LogP contribution in [0.5, 0.6) is 0 Å². The summed E-state index contributed by atoms with van der Waals surface area (Å²) in [5.74, 6) is -1.46. The van der Waals surface area contributed by atoms with Crippen LogP contribution in [0.1, 0.15) is 47.7 Å². The fourth-order valence-corrected chi connectivity index (χ4v) is 10.2. The predicted octanol–water partition coefficient (Wildman–Crippen LogP) is 5.22. The lowest BCUT2D eigenvalue weighted by molar-refractivity contribution is -0.150. The Morgan fingerprint density at radius 1 is 1.11 bits per heavy atom. The van der Waals surface area contributed by atoms with Crippen molar-refractivity contribution in [3.63, 3.8) is 0 Å². The van der Waals surface area contributed by atoms with Crippen molar-refractivity contribution in [2.24, 2.45) is 5.92 Å². The molecular formula is C35H41FN4O5Si. The van der Waals surface area contributed by atoms with Crippen molar-refractivity contribution in [1.82, 2.24) is 4.90 Å². The second-order valence-electron chi connectivity index (χ2n) is 13.2. The van der Waals surface area contributed by atoms with Gasteiger partial charge in [0, 0.05) is 40.5 Å². The molecule has 9 nitrogen and oxygen atoms in total. The number of fused-ring (bicyclic) bond motifs is 2. The lowest BCUT2D eigenvalue weighted by Gasteiger charge is -2.31. The van der Waals surface area contributed by atoms with Gasteiger partial charge in [-0.25, -0.2) is 0 Å². The Labute approximate surface area is 269 Å². The number of amides is 3. The number of hydrogen-bond donors (Lipinski definition) is 3. The van der Waals surface area contributed by atoms with Crippen LogP contribution >= 0.6 is 0 Å². The zero-order chi connectivity index (χ0) is 32.8. The largest absolute Gasteiger partial charge is 0.399 e. The average molecular weight is 645 g/mol. The summed E-state index contributed by atoms with van der Waals surface area (Å²) in [6, 6.07) is 21.2. The van der Waals surface area contributed by atoms with Gasteiger partial charge in [0.1, 0.15) is 0 Å². The number of aliphatic hydroxyl groups excluding tert-OH is 1. The highest BCUT2D eigenvalue weighted by atomic mass is 28.4. The van der Waals surface area contributed by atoms with E-state index in [9.17, 15) is 19.5 Å². The molecule has 0 saturated carbocycles. The van der Waals surface area contributed by atoms with Gasteiger partial charge < -0.3 is 34.8 Å². The lowest BCUT2D eigenvalue weighted by atomic mass is 9.82. The van der Waals surface area contributed by atoms with Crippen molar-refractivity contribution in [1.29, 1.82) is 0 Å². The van der Waals surface area contributed by atoms with Crippen molar-refractivity contribution in [3.05, 3.63) is 89.5 Å². The highest BCUT2D eigenvalue weighted by molar-refractivity contribution is 6.72. The van der Waals surface area contributed by atoms with E-state index in [2.05, 4.69) is 5.32 Å². The van der Waals surface area contributed by atoms with E-state index in [0.29, 0.717) is 41.2 Å². The Morgan fingerprint density at radius 2 is 1.83 bits per heavy atom. The summed E-state index contributed by atoms with van der Waals surface area (Å²) < 4.78 is 23.1. The summed E-state index contributed by atoms with van der Waals surface area (Å²) in [7, 11) is -3.51. The maximum atomic E-state index is 16.3. The van der Waals surface area contributed by atoms with Crippen molar-refractivity contribution < 1.29 is 28.3 Å². The Kier molecular flexibility index (Phi) is 8.51. The van der Waals surface area contributed by atoms with E-state index in [1.165, 1.54) is 0 Å². The second-order valence-corrected chi connectivity index (χ2v) is 17.0. The zero-order valence-corrected chi connectivity index (χ0v) is 27.4. The van der Waals surface area contributed by atoms with Gasteiger partial charge in [-0.2, -0.15) is 0 Å². The molecule has 5 atom stereocenters. The van der Waals surface area contributed by atoms with E-state index in [0.717, 1.165) is 12.0 Å². The van der Waals surface area contributed by atoms with Gasteiger partial charge in [0.05, 0.1) is 37.4 Å². The molecule has 242 valence electrons. The molecule has 0 aromatic heterocycles. The topological polar surface area (TPSA) is 125 Å². The highest BCUT2D eigenvalue weighted by Crippen LogP contribution is 2.60. The number of hydrogen-bond acceptors (Lipinski definition) is 6. The summed E-state index contributed by atoms with van der Waals surface area (Å²) in [4.78, 5) is 44.8.